The van der Waals surface area contributed by atoms with E-state index in [2.05, 4.69) is 53.0 Å². The molecule has 0 amide bonds. The second kappa shape index (κ2) is 10.5. The van der Waals surface area contributed by atoms with E-state index in [1.807, 2.05) is 11.3 Å². The molecule has 1 N–H and O–H groups in total. The van der Waals surface area contributed by atoms with Crippen LogP contribution in [0.3, 0.4) is 0 Å². The zero-order chi connectivity index (χ0) is 13.8. The van der Waals surface area contributed by atoms with Crippen LogP contribution in [-0.4, -0.2) is 31.1 Å². The van der Waals surface area contributed by atoms with Crippen LogP contribution in [0.15, 0.2) is 9.85 Å². The number of hydrogen-bond acceptors (Lipinski definition) is 3. The van der Waals surface area contributed by atoms with Gasteiger partial charge in [0.05, 0.1) is 3.79 Å². The number of rotatable bonds is 5. The minimum atomic E-state index is 0. The van der Waals surface area contributed by atoms with Crippen LogP contribution in [0.1, 0.15) is 43.2 Å². The van der Waals surface area contributed by atoms with E-state index in [0.29, 0.717) is 6.04 Å². The predicted octanol–water partition coefficient (Wildman–Crippen LogP) is 5.05. The van der Waals surface area contributed by atoms with Gasteiger partial charge in [0.25, 0.3) is 0 Å². The number of hydrogen-bond donors (Lipinski definition) is 1. The highest BCUT2D eigenvalue weighted by Gasteiger charge is 2.24. The van der Waals surface area contributed by atoms with E-state index in [9.17, 15) is 0 Å². The Labute approximate surface area is 154 Å². The van der Waals surface area contributed by atoms with Crippen LogP contribution in [-0.2, 0) is 0 Å². The van der Waals surface area contributed by atoms with Crippen molar-refractivity contribution in [1.29, 1.82) is 0 Å². The van der Waals surface area contributed by atoms with Crippen LogP contribution in [0, 0.1) is 12.8 Å². The molecule has 0 bridgehead atoms. The van der Waals surface area contributed by atoms with Gasteiger partial charge in [0, 0.05) is 37.1 Å². The molecule has 0 aromatic carbocycles. The fraction of sp³-hybridized carbons (Fsp3) is 0.733. The number of piperazine rings is 1. The van der Waals surface area contributed by atoms with Crippen LogP contribution in [0.25, 0.3) is 0 Å². The van der Waals surface area contributed by atoms with E-state index in [4.69, 9.17) is 0 Å². The highest BCUT2D eigenvalue weighted by atomic mass is 79.9. The van der Waals surface area contributed by atoms with Gasteiger partial charge in [-0.2, -0.15) is 0 Å². The first-order valence-corrected chi connectivity index (χ1v) is 8.89. The Hall–Kier alpha value is 0.680. The van der Waals surface area contributed by atoms with Gasteiger partial charge in [-0.25, -0.2) is 0 Å². The zero-order valence-corrected chi connectivity index (χ0v) is 17.1. The third-order valence-electron chi connectivity index (χ3n) is 3.81. The van der Waals surface area contributed by atoms with Crippen molar-refractivity contribution in [2.45, 2.75) is 39.7 Å². The van der Waals surface area contributed by atoms with Crippen molar-refractivity contribution in [3.8, 4) is 0 Å². The second-order valence-electron chi connectivity index (χ2n) is 5.88. The normalized spacial score (nSPS) is 17.2. The van der Waals surface area contributed by atoms with Crippen molar-refractivity contribution in [3.63, 3.8) is 0 Å². The molecule has 2 rings (SSSR count). The summed E-state index contributed by atoms with van der Waals surface area (Å²) in [5.41, 5.74) is 1.38. The summed E-state index contributed by atoms with van der Waals surface area (Å²) in [5, 5.41) is 3.45. The van der Waals surface area contributed by atoms with Crippen molar-refractivity contribution < 1.29 is 0 Å². The van der Waals surface area contributed by atoms with Gasteiger partial charge in [-0.05, 0) is 53.2 Å². The van der Waals surface area contributed by atoms with Gasteiger partial charge in [-0.15, -0.1) is 36.2 Å². The van der Waals surface area contributed by atoms with Crippen molar-refractivity contribution >= 4 is 52.1 Å². The average Bonchev–Trinajstić information content (AvgIpc) is 2.70. The fourth-order valence-electron chi connectivity index (χ4n) is 2.64. The lowest BCUT2D eigenvalue weighted by atomic mass is 10.0. The molecule has 1 fully saturated rings. The molecule has 0 saturated carbocycles. The maximum atomic E-state index is 3.68. The lowest BCUT2D eigenvalue weighted by Crippen LogP contribution is -2.45. The number of aryl methyl sites for hydroxylation is 1. The Bertz CT molecular complexity index is 387. The average molecular weight is 418 g/mol. The summed E-state index contributed by atoms with van der Waals surface area (Å²) in [6.45, 7) is 11.5. The van der Waals surface area contributed by atoms with Crippen molar-refractivity contribution in [3.05, 3.63) is 20.3 Å². The minimum Gasteiger partial charge on any atom is -0.314 e. The van der Waals surface area contributed by atoms with Gasteiger partial charge < -0.3 is 5.32 Å². The molecule has 1 saturated heterocycles. The van der Waals surface area contributed by atoms with Crippen LogP contribution >= 0.6 is 52.1 Å². The SMILES string of the molecule is Cc1cc([C@H](CCC(C)C)N2CCNCC2)sc1Br.Cl.Cl. The van der Waals surface area contributed by atoms with Gasteiger partial charge in [0.2, 0.25) is 0 Å². The molecule has 21 heavy (non-hydrogen) atoms. The Morgan fingerprint density at radius 2 is 1.86 bits per heavy atom. The number of nitrogens with one attached hydrogen (secondary N) is 1. The predicted molar refractivity (Wildman–Crippen MR) is 103 cm³/mol. The van der Waals surface area contributed by atoms with Crippen molar-refractivity contribution in [2.75, 3.05) is 26.2 Å². The molecule has 1 atom stereocenters. The number of thiophene rings is 1. The Balaban J connectivity index is 0.00000200. The summed E-state index contributed by atoms with van der Waals surface area (Å²) in [6.07, 6.45) is 2.59. The lowest BCUT2D eigenvalue weighted by Gasteiger charge is -2.35. The van der Waals surface area contributed by atoms with Gasteiger partial charge >= 0.3 is 0 Å². The monoisotopic (exact) mass is 416 g/mol. The highest BCUT2D eigenvalue weighted by Crippen LogP contribution is 2.36. The molecule has 0 unspecified atom stereocenters. The second-order valence-corrected chi connectivity index (χ2v) is 8.28. The van der Waals surface area contributed by atoms with E-state index < -0.39 is 0 Å². The smallest absolute Gasteiger partial charge is 0.0731 e. The summed E-state index contributed by atoms with van der Waals surface area (Å²) in [6, 6.07) is 2.99. The zero-order valence-electron chi connectivity index (χ0n) is 13.0. The van der Waals surface area contributed by atoms with Gasteiger partial charge in [0.1, 0.15) is 0 Å². The van der Waals surface area contributed by atoms with E-state index >= 15 is 0 Å². The van der Waals surface area contributed by atoms with Crippen LogP contribution in [0.5, 0.6) is 0 Å². The number of nitrogens with zero attached hydrogens (tertiary/aromatic N) is 1. The maximum Gasteiger partial charge on any atom is 0.0731 e. The summed E-state index contributed by atoms with van der Waals surface area (Å²) in [5.74, 6) is 0.787. The topological polar surface area (TPSA) is 15.3 Å². The van der Waals surface area contributed by atoms with E-state index in [1.54, 1.807) is 0 Å². The molecule has 0 aliphatic carbocycles. The van der Waals surface area contributed by atoms with Gasteiger partial charge in [0.15, 0.2) is 0 Å². The molecule has 0 spiro atoms. The van der Waals surface area contributed by atoms with E-state index in [1.165, 1.54) is 40.2 Å². The molecule has 1 aliphatic rings. The maximum absolute atomic E-state index is 3.68. The Morgan fingerprint density at radius 1 is 1.24 bits per heavy atom. The van der Waals surface area contributed by atoms with Crippen molar-refractivity contribution in [2.24, 2.45) is 5.92 Å². The van der Waals surface area contributed by atoms with Gasteiger partial charge in [-0.3, -0.25) is 4.90 Å². The molecular weight excluding hydrogens is 391 g/mol. The first-order valence-electron chi connectivity index (χ1n) is 7.28. The Morgan fingerprint density at radius 3 is 2.33 bits per heavy atom. The van der Waals surface area contributed by atoms with Crippen LogP contribution < -0.4 is 5.32 Å². The highest BCUT2D eigenvalue weighted by molar-refractivity contribution is 9.11. The van der Waals surface area contributed by atoms with Gasteiger partial charge in [-0.1, -0.05) is 13.8 Å². The van der Waals surface area contributed by atoms with Crippen LogP contribution in [0.4, 0.5) is 0 Å². The Kier molecular flexibility index (Phi) is 10.8. The lowest BCUT2D eigenvalue weighted by molar-refractivity contribution is 0.162. The summed E-state index contributed by atoms with van der Waals surface area (Å²) in [7, 11) is 0. The van der Waals surface area contributed by atoms with E-state index in [-0.39, 0.29) is 24.8 Å². The third-order valence-corrected chi connectivity index (χ3v) is 6.05. The molecule has 0 radical (unpaired) electrons. The molecule has 1 aromatic rings. The molecule has 1 aromatic heterocycles. The van der Waals surface area contributed by atoms with Crippen molar-refractivity contribution in [1.82, 2.24) is 10.2 Å². The molecule has 2 heterocycles. The standard InChI is InChI=1S/C15H25BrN2S.2ClH/c1-11(2)4-5-13(18-8-6-17-7-9-18)14-10-12(3)15(16)19-14;;/h10-11,13,17H,4-9H2,1-3H3;2*1H/t13-;;/m0../s1. The summed E-state index contributed by atoms with van der Waals surface area (Å²) >= 11 is 5.60. The van der Waals surface area contributed by atoms with E-state index in [0.717, 1.165) is 19.0 Å². The quantitative estimate of drug-likeness (QED) is 0.721. The molecule has 2 nitrogen and oxygen atoms in total. The molecule has 6 heteroatoms. The number of halogens is 3. The first-order chi connectivity index (χ1) is 9.08. The first kappa shape index (κ1) is 21.7. The molecule has 124 valence electrons. The third kappa shape index (κ3) is 6.36. The molecule has 1 aliphatic heterocycles. The van der Waals surface area contributed by atoms with Crippen LogP contribution in [0.2, 0.25) is 0 Å². The summed E-state index contributed by atoms with van der Waals surface area (Å²) in [4.78, 5) is 4.20. The largest absolute Gasteiger partial charge is 0.314 e. The molecular formula is C15H27BrCl2N2S. The fourth-order valence-corrected chi connectivity index (χ4v) is 4.38. The summed E-state index contributed by atoms with van der Waals surface area (Å²) < 4.78 is 1.30. The minimum absolute atomic E-state index is 0.